The average Bonchev–Trinajstić information content (AvgIpc) is 2.31. The molecule has 0 saturated heterocycles. The van der Waals surface area contributed by atoms with E-state index < -0.39 is 9.84 Å². The van der Waals surface area contributed by atoms with Gasteiger partial charge in [-0.05, 0) is 41.0 Å². The van der Waals surface area contributed by atoms with Crippen LogP contribution in [0.15, 0.2) is 4.99 Å². The van der Waals surface area contributed by atoms with Crippen molar-refractivity contribution < 1.29 is 13.2 Å². The lowest BCUT2D eigenvalue weighted by Crippen LogP contribution is -2.45. The highest BCUT2D eigenvalue weighted by atomic mass is 127. The maximum atomic E-state index is 11.8. The predicted molar refractivity (Wildman–Crippen MR) is 106 cm³/mol. The molecule has 1 atom stereocenters. The zero-order valence-corrected chi connectivity index (χ0v) is 18.0. The third kappa shape index (κ3) is 16.1. The van der Waals surface area contributed by atoms with Gasteiger partial charge in [-0.25, -0.2) is 13.4 Å². The Morgan fingerprint density at radius 3 is 2.26 bits per heavy atom. The van der Waals surface area contributed by atoms with Crippen LogP contribution < -0.4 is 16.0 Å². The molecule has 0 aromatic rings. The topological polar surface area (TPSA) is 99.7 Å². The summed E-state index contributed by atoms with van der Waals surface area (Å²) in [6.45, 7) is 10.2. The van der Waals surface area contributed by atoms with E-state index in [-0.39, 0.29) is 53.8 Å². The third-order valence-corrected chi connectivity index (χ3v) is 3.52. The normalized spacial score (nSPS) is 13.7. The van der Waals surface area contributed by atoms with Gasteiger partial charge in [0.15, 0.2) is 5.96 Å². The van der Waals surface area contributed by atoms with Crippen LogP contribution in [0.25, 0.3) is 0 Å². The van der Waals surface area contributed by atoms with E-state index in [0.717, 1.165) is 0 Å². The van der Waals surface area contributed by atoms with Crippen molar-refractivity contribution in [1.29, 1.82) is 0 Å². The van der Waals surface area contributed by atoms with E-state index in [0.29, 0.717) is 18.9 Å². The highest BCUT2D eigenvalue weighted by Crippen LogP contribution is 1.98. The van der Waals surface area contributed by atoms with Crippen molar-refractivity contribution in [1.82, 2.24) is 16.0 Å². The number of hydrogen-bond acceptors (Lipinski definition) is 4. The largest absolute Gasteiger partial charge is 0.357 e. The molecule has 0 aromatic heterocycles. The minimum atomic E-state index is -2.98. The second-order valence-corrected chi connectivity index (χ2v) is 8.72. The molecule has 0 spiro atoms. The van der Waals surface area contributed by atoms with Crippen LogP contribution in [0.2, 0.25) is 0 Å². The maximum Gasteiger partial charge on any atom is 0.242 e. The maximum absolute atomic E-state index is 11.8. The van der Waals surface area contributed by atoms with Crippen molar-refractivity contribution in [3.05, 3.63) is 0 Å². The van der Waals surface area contributed by atoms with Crippen LogP contribution in [0.5, 0.6) is 0 Å². The van der Waals surface area contributed by atoms with Crippen LogP contribution in [-0.2, 0) is 14.6 Å². The summed E-state index contributed by atoms with van der Waals surface area (Å²) >= 11 is 0. The van der Waals surface area contributed by atoms with Crippen LogP contribution in [-0.4, -0.2) is 57.0 Å². The van der Waals surface area contributed by atoms with Crippen LogP contribution in [0.1, 0.15) is 41.0 Å². The SMILES string of the molecule is CCNC(=NCC(=O)NC(C)(C)C)NC(C)CCS(C)(=O)=O.I. The van der Waals surface area contributed by atoms with E-state index in [9.17, 15) is 13.2 Å². The number of hydrogen-bond donors (Lipinski definition) is 3. The highest BCUT2D eigenvalue weighted by Gasteiger charge is 2.14. The predicted octanol–water partition coefficient (Wildman–Crippen LogP) is 0.897. The molecule has 0 aliphatic rings. The van der Waals surface area contributed by atoms with Crippen molar-refractivity contribution in [3.63, 3.8) is 0 Å². The Labute approximate surface area is 157 Å². The zero-order valence-electron chi connectivity index (χ0n) is 14.9. The van der Waals surface area contributed by atoms with Crippen molar-refractivity contribution in [3.8, 4) is 0 Å². The standard InChI is InChI=1S/C14H30N4O3S.HI/c1-7-15-13(16-10-12(19)18-14(3,4)5)17-11(2)8-9-22(6,20)21;/h11H,7-10H2,1-6H3,(H,18,19)(H2,15,16,17);1H. The quantitative estimate of drug-likeness (QED) is 0.297. The van der Waals surface area contributed by atoms with Gasteiger partial charge in [0.1, 0.15) is 16.4 Å². The molecule has 0 radical (unpaired) electrons. The first-order valence-electron chi connectivity index (χ1n) is 7.46. The van der Waals surface area contributed by atoms with Gasteiger partial charge in [0, 0.05) is 24.4 Å². The van der Waals surface area contributed by atoms with Gasteiger partial charge in [0.05, 0.1) is 5.75 Å². The number of aliphatic imine (C=N–C) groups is 1. The number of guanidine groups is 1. The van der Waals surface area contributed by atoms with E-state index in [2.05, 4.69) is 20.9 Å². The molecule has 0 bridgehead atoms. The summed E-state index contributed by atoms with van der Waals surface area (Å²) in [5, 5.41) is 8.98. The number of amides is 1. The van der Waals surface area contributed by atoms with Gasteiger partial charge in [-0.2, -0.15) is 0 Å². The summed E-state index contributed by atoms with van der Waals surface area (Å²) in [4.78, 5) is 16.0. The fraction of sp³-hybridized carbons (Fsp3) is 0.857. The Morgan fingerprint density at radius 1 is 1.26 bits per heavy atom. The molecule has 7 nitrogen and oxygen atoms in total. The second kappa shape index (κ2) is 11.1. The Kier molecular flexibility index (Phi) is 11.9. The number of sulfone groups is 1. The van der Waals surface area contributed by atoms with E-state index in [4.69, 9.17) is 0 Å². The Morgan fingerprint density at radius 2 is 1.83 bits per heavy atom. The number of nitrogens with one attached hydrogen (secondary N) is 3. The number of carbonyl (C=O) groups excluding carboxylic acids is 1. The van der Waals surface area contributed by atoms with Gasteiger partial charge >= 0.3 is 0 Å². The van der Waals surface area contributed by atoms with Crippen LogP contribution >= 0.6 is 24.0 Å². The van der Waals surface area contributed by atoms with E-state index >= 15 is 0 Å². The summed E-state index contributed by atoms with van der Waals surface area (Å²) in [7, 11) is -2.98. The Hall–Kier alpha value is -0.580. The van der Waals surface area contributed by atoms with Crippen molar-refractivity contribution in [2.24, 2.45) is 4.99 Å². The summed E-state index contributed by atoms with van der Waals surface area (Å²) < 4.78 is 22.3. The zero-order chi connectivity index (χ0) is 17.4. The lowest BCUT2D eigenvalue weighted by Gasteiger charge is -2.20. The van der Waals surface area contributed by atoms with Gasteiger partial charge in [-0.3, -0.25) is 4.79 Å². The number of carbonyl (C=O) groups is 1. The van der Waals surface area contributed by atoms with E-state index in [1.165, 1.54) is 6.26 Å². The molecule has 1 unspecified atom stereocenters. The van der Waals surface area contributed by atoms with Gasteiger partial charge in [0.2, 0.25) is 5.91 Å². The molecule has 0 saturated carbocycles. The summed E-state index contributed by atoms with van der Waals surface area (Å²) in [5.74, 6) is 0.464. The minimum absolute atomic E-state index is 0. The lowest BCUT2D eigenvalue weighted by molar-refractivity contribution is -0.121. The van der Waals surface area contributed by atoms with Gasteiger partial charge in [-0.15, -0.1) is 24.0 Å². The molecule has 0 aliphatic carbocycles. The minimum Gasteiger partial charge on any atom is -0.357 e. The lowest BCUT2D eigenvalue weighted by atomic mass is 10.1. The molecular formula is C14H31IN4O3S. The van der Waals surface area contributed by atoms with Crippen molar-refractivity contribution >= 4 is 45.7 Å². The average molecular weight is 462 g/mol. The summed E-state index contributed by atoms with van der Waals surface area (Å²) in [5.41, 5.74) is -0.291. The first kappa shape index (κ1) is 24.7. The summed E-state index contributed by atoms with van der Waals surface area (Å²) in [6.07, 6.45) is 1.70. The summed E-state index contributed by atoms with van der Waals surface area (Å²) in [6, 6.07) is -0.0572. The first-order valence-corrected chi connectivity index (χ1v) is 9.52. The second-order valence-electron chi connectivity index (χ2n) is 6.46. The fourth-order valence-corrected chi connectivity index (χ4v) is 2.41. The van der Waals surface area contributed by atoms with E-state index in [1.807, 2.05) is 34.6 Å². The van der Waals surface area contributed by atoms with Crippen LogP contribution in [0, 0.1) is 0 Å². The van der Waals surface area contributed by atoms with Gasteiger partial charge in [0.25, 0.3) is 0 Å². The Balaban J connectivity index is 0. The molecular weight excluding hydrogens is 431 g/mol. The molecule has 9 heteroatoms. The van der Waals surface area contributed by atoms with Gasteiger partial charge < -0.3 is 16.0 Å². The molecule has 0 fully saturated rings. The molecule has 0 aromatic carbocycles. The Bertz CT molecular complexity index is 487. The molecule has 0 aliphatic heterocycles. The number of halogens is 1. The monoisotopic (exact) mass is 462 g/mol. The third-order valence-electron chi connectivity index (χ3n) is 2.54. The van der Waals surface area contributed by atoms with E-state index in [1.54, 1.807) is 0 Å². The smallest absolute Gasteiger partial charge is 0.242 e. The molecule has 3 N–H and O–H groups in total. The van der Waals surface area contributed by atoms with Crippen LogP contribution in [0.3, 0.4) is 0 Å². The molecule has 23 heavy (non-hydrogen) atoms. The van der Waals surface area contributed by atoms with Crippen molar-refractivity contribution in [2.75, 3.05) is 25.1 Å². The highest BCUT2D eigenvalue weighted by molar-refractivity contribution is 14.0. The molecule has 0 heterocycles. The first-order chi connectivity index (χ1) is 9.93. The molecule has 0 rings (SSSR count). The molecule has 1 amide bonds. The van der Waals surface area contributed by atoms with Gasteiger partial charge in [-0.1, -0.05) is 0 Å². The number of nitrogens with zero attached hydrogens (tertiary/aromatic N) is 1. The molecule has 138 valence electrons. The van der Waals surface area contributed by atoms with Crippen LogP contribution in [0.4, 0.5) is 0 Å². The fourth-order valence-electron chi connectivity index (χ4n) is 1.63. The van der Waals surface area contributed by atoms with Crippen molar-refractivity contribution in [2.45, 2.75) is 52.6 Å². The number of rotatable bonds is 7.